The van der Waals surface area contributed by atoms with Gasteiger partial charge in [0.1, 0.15) is 12.4 Å². The Morgan fingerprint density at radius 3 is 2.25 bits per heavy atom. The number of rotatable bonds is 8. The molecule has 1 aromatic carbocycles. The number of nitrogens with zero attached hydrogens (tertiary/aromatic N) is 2. The normalized spacial score (nSPS) is 12.1. The maximum atomic E-state index is 12.0. The Labute approximate surface area is 121 Å². The van der Waals surface area contributed by atoms with Gasteiger partial charge in [-0.1, -0.05) is 0 Å². The number of sulfonamides is 1. The Morgan fingerprint density at radius 2 is 1.70 bits per heavy atom. The lowest BCUT2D eigenvalue weighted by atomic mass is 10.3. The Balaban J connectivity index is 2.41. The number of nitrogens with two attached hydrogens (primary N) is 1. The van der Waals surface area contributed by atoms with E-state index in [0.29, 0.717) is 24.5 Å². The van der Waals surface area contributed by atoms with Crippen LogP contribution in [0.3, 0.4) is 0 Å². The summed E-state index contributed by atoms with van der Waals surface area (Å²) in [6, 6.07) is 6.87. The molecule has 7 heteroatoms. The number of hydrogen-bond donors (Lipinski definition) is 1. The molecule has 0 aromatic heterocycles. The summed E-state index contributed by atoms with van der Waals surface area (Å²) in [4.78, 5) is 1.94. The number of hydrogen-bond acceptors (Lipinski definition) is 5. The van der Waals surface area contributed by atoms with Crippen LogP contribution in [0.2, 0.25) is 0 Å². The van der Waals surface area contributed by atoms with Gasteiger partial charge < -0.3 is 15.4 Å². The highest BCUT2D eigenvalue weighted by Gasteiger charge is 2.17. The third-order valence-corrected chi connectivity index (χ3v) is 4.64. The number of likely N-dealkylation sites (N-methyl/N-ethyl adjacent to an activating group) is 2. The maximum absolute atomic E-state index is 12.0. The molecular formula is C13H23N3O3S. The third kappa shape index (κ3) is 5.77. The van der Waals surface area contributed by atoms with Gasteiger partial charge in [-0.2, -0.15) is 0 Å². The first kappa shape index (κ1) is 16.7. The van der Waals surface area contributed by atoms with E-state index in [4.69, 9.17) is 10.5 Å². The summed E-state index contributed by atoms with van der Waals surface area (Å²) in [6.07, 6.45) is 0. The van der Waals surface area contributed by atoms with Crippen LogP contribution in [0.5, 0.6) is 5.75 Å². The topological polar surface area (TPSA) is 75.9 Å². The van der Waals surface area contributed by atoms with Gasteiger partial charge in [-0.3, -0.25) is 0 Å². The summed E-state index contributed by atoms with van der Waals surface area (Å²) >= 11 is 0. The molecule has 114 valence electrons. The van der Waals surface area contributed by atoms with Crippen LogP contribution in [-0.4, -0.2) is 64.2 Å². The van der Waals surface area contributed by atoms with Crippen molar-refractivity contribution in [2.24, 2.45) is 0 Å². The van der Waals surface area contributed by atoms with Crippen molar-refractivity contribution in [3.05, 3.63) is 24.3 Å². The van der Waals surface area contributed by atoms with Crippen LogP contribution in [0.15, 0.2) is 24.3 Å². The van der Waals surface area contributed by atoms with Gasteiger partial charge in [0, 0.05) is 25.8 Å². The van der Waals surface area contributed by atoms with E-state index >= 15 is 0 Å². The summed E-state index contributed by atoms with van der Waals surface area (Å²) < 4.78 is 30.8. The molecule has 0 saturated carbocycles. The van der Waals surface area contributed by atoms with Gasteiger partial charge >= 0.3 is 0 Å². The van der Waals surface area contributed by atoms with Gasteiger partial charge in [-0.25, -0.2) is 12.7 Å². The maximum Gasteiger partial charge on any atom is 0.217 e. The lowest BCUT2D eigenvalue weighted by molar-refractivity contribution is 0.331. The molecule has 2 N–H and O–H groups in total. The minimum absolute atomic E-state index is 0.0404. The highest BCUT2D eigenvalue weighted by molar-refractivity contribution is 7.89. The smallest absolute Gasteiger partial charge is 0.217 e. The van der Waals surface area contributed by atoms with E-state index in [1.807, 2.05) is 19.0 Å². The molecule has 1 rings (SSSR count). The van der Waals surface area contributed by atoms with Crippen molar-refractivity contribution < 1.29 is 13.2 Å². The predicted octanol–water partition coefficient (Wildman–Crippen LogP) is 0.471. The van der Waals surface area contributed by atoms with Crippen LogP contribution in [0.25, 0.3) is 0 Å². The Bertz CT molecular complexity index is 500. The van der Waals surface area contributed by atoms with Crippen LogP contribution < -0.4 is 10.5 Å². The number of anilines is 1. The second-order valence-electron chi connectivity index (χ2n) is 4.86. The van der Waals surface area contributed by atoms with E-state index in [-0.39, 0.29) is 12.4 Å². The summed E-state index contributed by atoms with van der Waals surface area (Å²) in [5, 5.41) is 0. The third-order valence-electron chi connectivity index (χ3n) is 2.83. The van der Waals surface area contributed by atoms with Gasteiger partial charge in [-0.05, 0) is 38.4 Å². The fraction of sp³-hybridized carbons (Fsp3) is 0.538. The van der Waals surface area contributed by atoms with Crippen molar-refractivity contribution in [3.8, 4) is 5.75 Å². The zero-order valence-electron chi connectivity index (χ0n) is 12.2. The lowest BCUT2D eigenvalue weighted by Gasteiger charge is -2.19. The van der Waals surface area contributed by atoms with Gasteiger partial charge in [0.05, 0.1) is 5.75 Å². The van der Waals surface area contributed by atoms with Crippen LogP contribution in [0.4, 0.5) is 5.69 Å². The minimum atomic E-state index is -3.28. The zero-order chi connectivity index (χ0) is 15.2. The molecule has 20 heavy (non-hydrogen) atoms. The summed E-state index contributed by atoms with van der Waals surface area (Å²) in [6.45, 7) is 1.28. The first-order valence-electron chi connectivity index (χ1n) is 6.38. The molecule has 0 bridgehead atoms. The van der Waals surface area contributed by atoms with Crippen LogP contribution in [0, 0.1) is 0 Å². The van der Waals surface area contributed by atoms with E-state index < -0.39 is 10.0 Å². The standard InChI is InChI=1S/C13H23N3O3S/c1-15(2)8-9-16(3)20(17,18)11-10-19-13-6-4-12(14)5-7-13/h4-7H,8-11,14H2,1-3H3. The Kier molecular flexibility index (Phi) is 6.25. The van der Waals surface area contributed by atoms with Crippen LogP contribution in [0.1, 0.15) is 0 Å². The fourth-order valence-corrected chi connectivity index (χ4v) is 2.43. The molecule has 0 atom stereocenters. The molecule has 0 radical (unpaired) electrons. The second kappa shape index (κ2) is 7.47. The molecule has 0 aliphatic heterocycles. The van der Waals surface area contributed by atoms with E-state index in [0.717, 1.165) is 0 Å². The van der Waals surface area contributed by atoms with E-state index in [1.54, 1.807) is 31.3 Å². The molecule has 0 spiro atoms. The number of benzene rings is 1. The first-order valence-corrected chi connectivity index (χ1v) is 7.99. The fourth-order valence-electron chi connectivity index (χ4n) is 1.46. The van der Waals surface area contributed by atoms with E-state index in [9.17, 15) is 8.42 Å². The average molecular weight is 301 g/mol. The minimum Gasteiger partial charge on any atom is -0.492 e. The molecule has 0 unspecified atom stereocenters. The SMILES string of the molecule is CN(C)CCN(C)S(=O)(=O)CCOc1ccc(N)cc1. The quantitative estimate of drug-likeness (QED) is 0.706. The van der Waals surface area contributed by atoms with Crippen molar-refractivity contribution in [2.45, 2.75) is 0 Å². The van der Waals surface area contributed by atoms with Gasteiger partial charge in [0.15, 0.2) is 0 Å². The van der Waals surface area contributed by atoms with Gasteiger partial charge in [0.2, 0.25) is 10.0 Å². The summed E-state index contributed by atoms with van der Waals surface area (Å²) in [7, 11) is 2.12. The summed E-state index contributed by atoms with van der Waals surface area (Å²) in [5.74, 6) is 0.576. The van der Waals surface area contributed by atoms with Gasteiger partial charge in [0.25, 0.3) is 0 Å². The average Bonchev–Trinajstić information content (AvgIpc) is 2.38. The second-order valence-corrected chi connectivity index (χ2v) is 7.05. The van der Waals surface area contributed by atoms with Crippen molar-refractivity contribution >= 4 is 15.7 Å². The number of nitrogen functional groups attached to an aromatic ring is 1. The predicted molar refractivity (Wildman–Crippen MR) is 81.3 cm³/mol. The number of ether oxygens (including phenoxy) is 1. The molecule has 0 aliphatic rings. The van der Waals surface area contributed by atoms with Crippen LogP contribution in [-0.2, 0) is 10.0 Å². The van der Waals surface area contributed by atoms with Crippen molar-refractivity contribution in [2.75, 3.05) is 52.3 Å². The first-order chi connectivity index (χ1) is 9.31. The highest BCUT2D eigenvalue weighted by Crippen LogP contribution is 2.13. The van der Waals surface area contributed by atoms with Crippen molar-refractivity contribution in [1.82, 2.24) is 9.21 Å². The zero-order valence-corrected chi connectivity index (χ0v) is 13.1. The Morgan fingerprint density at radius 1 is 1.10 bits per heavy atom. The molecule has 0 fully saturated rings. The highest BCUT2D eigenvalue weighted by atomic mass is 32.2. The molecule has 0 amide bonds. The van der Waals surface area contributed by atoms with E-state index in [1.165, 1.54) is 4.31 Å². The van der Waals surface area contributed by atoms with Crippen LogP contribution >= 0.6 is 0 Å². The van der Waals surface area contributed by atoms with E-state index in [2.05, 4.69) is 0 Å². The Hall–Kier alpha value is -1.31. The molecule has 1 aromatic rings. The molecule has 0 heterocycles. The monoisotopic (exact) mass is 301 g/mol. The summed E-state index contributed by atoms with van der Waals surface area (Å²) in [5.41, 5.74) is 6.21. The lowest BCUT2D eigenvalue weighted by Crippen LogP contribution is -2.36. The molecule has 0 saturated heterocycles. The largest absolute Gasteiger partial charge is 0.492 e. The molecule has 0 aliphatic carbocycles. The van der Waals surface area contributed by atoms with Crippen molar-refractivity contribution in [1.29, 1.82) is 0 Å². The van der Waals surface area contributed by atoms with Gasteiger partial charge in [-0.15, -0.1) is 0 Å². The molecule has 6 nitrogen and oxygen atoms in total. The molecular weight excluding hydrogens is 278 g/mol. The van der Waals surface area contributed by atoms with Crippen molar-refractivity contribution in [3.63, 3.8) is 0 Å².